The molecule has 26 nitrogen and oxygen atoms in total. The number of hydrogen-bond donors (Lipinski definition) is 16. The van der Waals surface area contributed by atoms with Gasteiger partial charge in [0.2, 0.25) is 58.6 Å². The van der Waals surface area contributed by atoms with Gasteiger partial charge in [-0.2, -0.15) is 5.48 Å². The fourth-order valence-corrected chi connectivity index (χ4v) is 8.51. The molecule has 4 aromatic carbocycles. The van der Waals surface area contributed by atoms with Crippen molar-refractivity contribution in [3.8, 4) is 17.2 Å². The molecule has 1 heterocycles. The fourth-order valence-electron chi connectivity index (χ4n) is 8.51. The monoisotopic (exact) mass is 1140 g/mol. The van der Waals surface area contributed by atoms with Crippen LogP contribution < -0.4 is 54.4 Å². The van der Waals surface area contributed by atoms with E-state index in [2.05, 4.69) is 42.4 Å². The van der Waals surface area contributed by atoms with Crippen LogP contribution in [0.4, 0.5) is 0 Å². The number of H-pyrrole nitrogens is 1. The molecule has 82 heavy (non-hydrogen) atoms. The number of aromatic hydroxyl groups is 3. The highest BCUT2D eigenvalue weighted by Crippen LogP contribution is 2.20. The number of hydrazine groups is 1. The molecule has 0 radical (unpaired) electrons. The van der Waals surface area contributed by atoms with Gasteiger partial charge < -0.3 is 68.7 Å². The van der Waals surface area contributed by atoms with Gasteiger partial charge in [0.25, 0.3) is 0 Å². The standard InChI is InChI=1S/C56H69N11O15/c1-30(2)21-44(54(79)60-27-47(72)50(75)43(67-82)23-32-9-15-36(70)16-10-32)65-66-45(24-33-11-17-37(71)18-12-33)56(81)63-41(19-20-48(58)73)55(80)64-46(29-68)52(77)51(76)42(25-34-26-59-40-6-4-3-5-38(34)40)62-49(74)28-61-53(78)39(57)22-31-7-13-35(69)14-8-31/h3-18,26,30,39,41-46,59,65-71,82H,19-25,27-29,57H2,1-2H3,(H2,58,73)(H,60,79)(H,61,78)(H,62,74)(H,63,81)(H,64,80)/t39-,41-,42-,43-,44-,45-,46-/m0/s1. The summed E-state index contributed by atoms with van der Waals surface area (Å²) in [5.74, 6) is -10.5. The molecule has 0 saturated heterocycles. The number of aromatic amines is 1. The molecule has 7 atom stereocenters. The van der Waals surface area contributed by atoms with Gasteiger partial charge in [-0.25, -0.2) is 10.9 Å². The molecule has 0 aliphatic carbocycles. The molecule has 5 aromatic rings. The second kappa shape index (κ2) is 31.2. The van der Waals surface area contributed by atoms with Crippen LogP contribution in [0.1, 0.15) is 55.4 Å². The number of phenols is 3. The third-order valence-electron chi connectivity index (χ3n) is 13.0. The van der Waals surface area contributed by atoms with Crippen molar-refractivity contribution in [1.82, 2.24) is 47.9 Å². The first-order valence-corrected chi connectivity index (χ1v) is 26.1. The number of rotatable bonds is 34. The van der Waals surface area contributed by atoms with E-state index in [1.54, 1.807) is 61.9 Å². The first-order valence-electron chi connectivity index (χ1n) is 26.1. The van der Waals surface area contributed by atoms with Crippen molar-refractivity contribution in [2.75, 3.05) is 19.7 Å². The number of aliphatic hydroxyl groups is 1. The van der Waals surface area contributed by atoms with Crippen molar-refractivity contribution in [3.63, 3.8) is 0 Å². The Morgan fingerprint density at radius 3 is 1.62 bits per heavy atom. The number of aliphatic hydroxyl groups excluding tert-OH is 1. The number of fused-ring (bicyclic) bond motifs is 1. The number of phenolic OH excluding ortho intramolecular Hbond substituents is 3. The molecule has 0 bridgehead atoms. The molecule has 0 saturated carbocycles. The molecule has 0 spiro atoms. The van der Waals surface area contributed by atoms with Crippen molar-refractivity contribution < 1.29 is 73.6 Å². The minimum atomic E-state index is -1.98. The second-order valence-corrected chi connectivity index (χ2v) is 19.9. The average molecular weight is 1140 g/mol. The summed E-state index contributed by atoms with van der Waals surface area (Å²) < 4.78 is 0. The lowest BCUT2D eigenvalue weighted by atomic mass is 9.96. The molecule has 1 aromatic heterocycles. The van der Waals surface area contributed by atoms with Crippen molar-refractivity contribution in [2.45, 2.75) is 101 Å². The van der Waals surface area contributed by atoms with E-state index in [4.69, 9.17) is 11.5 Å². The number of hydroxylamine groups is 1. The summed E-state index contributed by atoms with van der Waals surface area (Å²) in [5, 5.41) is 62.0. The van der Waals surface area contributed by atoms with Gasteiger partial charge in [0.15, 0.2) is 0 Å². The SMILES string of the molecule is CC(C)C[C@H](NN[C@@H](Cc1ccc(O)cc1)C(=O)N[C@@H](CCC(N)=O)C(=O)N[C@@H](CO)C(=O)C(=O)[C@H](Cc1c[nH]c2ccccc12)NC(=O)CNC(=O)[C@@H](N)Cc1ccc(O)cc1)C(=O)NCC(=O)C(=O)[C@H](Cc1ccc(O)cc1)NO. The number of para-hydroxylation sites is 1. The Kier molecular flexibility index (Phi) is 24.3. The number of amides is 6. The lowest BCUT2D eigenvalue weighted by Gasteiger charge is -2.27. The third-order valence-corrected chi connectivity index (χ3v) is 13.0. The summed E-state index contributed by atoms with van der Waals surface area (Å²) >= 11 is 0. The lowest BCUT2D eigenvalue weighted by molar-refractivity contribution is -0.142. The minimum Gasteiger partial charge on any atom is -0.508 e. The van der Waals surface area contributed by atoms with E-state index in [-0.39, 0.29) is 55.3 Å². The Balaban J connectivity index is 1.30. The van der Waals surface area contributed by atoms with Crippen LogP contribution in [0.3, 0.4) is 0 Å². The average Bonchev–Trinajstić information content (AvgIpc) is 3.95. The number of benzene rings is 4. The molecule has 0 aliphatic heterocycles. The largest absolute Gasteiger partial charge is 0.508 e. The van der Waals surface area contributed by atoms with E-state index < -0.39 is 133 Å². The topological polar surface area (TPSA) is 436 Å². The number of carbonyl (C=O) groups is 10. The maximum atomic E-state index is 14.3. The molecule has 0 aliphatic rings. The number of primary amides is 1. The van der Waals surface area contributed by atoms with E-state index >= 15 is 0 Å². The molecular weight excluding hydrogens is 1070 g/mol. The van der Waals surface area contributed by atoms with Gasteiger partial charge >= 0.3 is 0 Å². The summed E-state index contributed by atoms with van der Waals surface area (Å²) in [6.45, 7) is 0.930. The quantitative estimate of drug-likeness (QED) is 0.0162. The van der Waals surface area contributed by atoms with Crippen LogP contribution in [0, 0.1) is 5.92 Å². The van der Waals surface area contributed by atoms with Gasteiger partial charge in [0.05, 0.1) is 31.8 Å². The Bertz CT molecular complexity index is 3040. The van der Waals surface area contributed by atoms with Crippen molar-refractivity contribution in [1.29, 1.82) is 0 Å². The highest BCUT2D eigenvalue weighted by Gasteiger charge is 2.36. The molecule has 26 heteroatoms. The Morgan fingerprint density at radius 1 is 0.549 bits per heavy atom. The number of ketones is 4. The number of nitrogens with one attached hydrogen (secondary N) is 9. The maximum Gasteiger partial charge on any atom is 0.243 e. The van der Waals surface area contributed by atoms with Gasteiger partial charge in [-0.1, -0.05) is 68.4 Å². The number of carbonyl (C=O) groups excluding carboxylic acids is 10. The predicted octanol–water partition coefficient (Wildman–Crippen LogP) is -1.67. The first kappa shape index (κ1) is 63.9. The number of aromatic nitrogens is 1. The maximum absolute atomic E-state index is 14.3. The van der Waals surface area contributed by atoms with Crippen LogP contribution in [-0.4, -0.2) is 151 Å². The van der Waals surface area contributed by atoms with Crippen LogP contribution >= 0.6 is 0 Å². The van der Waals surface area contributed by atoms with E-state index in [1.807, 2.05) is 0 Å². The number of nitrogens with two attached hydrogens (primary N) is 2. The Labute approximate surface area is 470 Å². The summed E-state index contributed by atoms with van der Waals surface area (Å²) in [6, 6.07) is 13.9. The zero-order chi connectivity index (χ0) is 60.0. The predicted molar refractivity (Wildman–Crippen MR) is 295 cm³/mol. The lowest BCUT2D eigenvalue weighted by Crippen LogP contribution is -2.61. The van der Waals surface area contributed by atoms with Gasteiger partial charge in [-0.15, -0.1) is 0 Å². The second-order valence-electron chi connectivity index (χ2n) is 19.9. The van der Waals surface area contributed by atoms with Crippen LogP contribution in [0.2, 0.25) is 0 Å². The van der Waals surface area contributed by atoms with Crippen molar-refractivity contribution in [3.05, 3.63) is 126 Å². The Hall–Kier alpha value is -8.92. The summed E-state index contributed by atoms with van der Waals surface area (Å²) in [5.41, 5.74) is 21.6. The van der Waals surface area contributed by atoms with Crippen LogP contribution in [0.5, 0.6) is 17.2 Å². The smallest absolute Gasteiger partial charge is 0.243 e. The fraction of sp³-hybridized carbons (Fsp3) is 0.357. The van der Waals surface area contributed by atoms with Gasteiger partial charge in [0.1, 0.15) is 47.5 Å². The normalized spacial score (nSPS) is 13.8. The Morgan fingerprint density at radius 2 is 1.06 bits per heavy atom. The molecule has 438 valence electrons. The van der Waals surface area contributed by atoms with E-state index in [9.17, 15) is 73.6 Å². The van der Waals surface area contributed by atoms with Gasteiger partial charge in [-0.05, 0) is 103 Å². The minimum absolute atomic E-state index is 0.00755. The van der Waals surface area contributed by atoms with E-state index in [0.29, 0.717) is 33.2 Å². The first-order chi connectivity index (χ1) is 39.0. The van der Waals surface area contributed by atoms with Crippen molar-refractivity contribution in [2.24, 2.45) is 17.4 Å². The molecule has 5 rings (SSSR count). The third kappa shape index (κ3) is 19.7. The molecule has 18 N–H and O–H groups in total. The zero-order valence-electron chi connectivity index (χ0n) is 45.0. The molecule has 0 fully saturated rings. The van der Waals surface area contributed by atoms with E-state index in [0.717, 1.165) is 0 Å². The zero-order valence-corrected chi connectivity index (χ0v) is 45.0. The van der Waals surface area contributed by atoms with Crippen LogP contribution in [0.15, 0.2) is 103 Å². The highest BCUT2D eigenvalue weighted by atomic mass is 16.5. The number of hydrogen-bond acceptors (Lipinski definition) is 19. The summed E-state index contributed by atoms with van der Waals surface area (Å²) in [7, 11) is 0. The van der Waals surface area contributed by atoms with Gasteiger partial charge in [-0.3, -0.25) is 47.9 Å². The molecular formula is C56H69N11O15. The highest BCUT2D eigenvalue weighted by molar-refractivity contribution is 6.42. The summed E-state index contributed by atoms with van der Waals surface area (Å²) in [4.78, 5) is 138. The van der Waals surface area contributed by atoms with Crippen LogP contribution in [-0.2, 0) is 73.6 Å². The van der Waals surface area contributed by atoms with Gasteiger partial charge in [0, 0.05) is 29.9 Å². The van der Waals surface area contributed by atoms with Crippen molar-refractivity contribution >= 4 is 69.5 Å². The van der Waals surface area contributed by atoms with Crippen LogP contribution in [0.25, 0.3) is 10.9 Å². The molecule has 0 unspecified atom stereocenters. The molecule has 6 amide bonds. The number of Topliss-reactive ketones (excluding diaryl/α,β-unsaturated/α-hetero) is 4. The summed E-state index contributed by atoms with van der Waals surface area (Å²) in [6.07, 6.45) is 0.135. The van der Waals surface area contributed by atoms with E-state index in [1.165, 1.54) is 60.7 Å².